The zero-order valence-corrected chi connectivity index (χ0v) is 11.8. The van der Waals surface area contributed by atoms with Crippen molar-refractivity contribution in [2.75, 3.05) is 7.11 Å². The summed E-state index contributed by atoms with van der Waals surface area (Å²) in [5, 5.41) is 0. The third kappa shape index (κ3) is 1.52. The minimum Gasteiger partial charge on any atom is -0.481 e. The molecule has 0 saturated heterocycles. The van der Waals surface area contributed by atoms with E-state index < -0.39 is 0 Å². The van der Waals surface area contributed by atoms with Crippen molar-refractivity contribution in [2.24, 2.45) is 0 Å². The van der Waals surface area contributed by atoms with E-state index in [0.717, 1.165) is 33.9 Å². The van der Waals surface area contributed by atoms with Crippen LogP contribution in [0.5, 0.6) is 5.88 Å². The number of hydrogen-bond donors (Lipinski definition) is 0. The van der Waals surface area contributed by atoms with E-state index in [1.165, 1.54) is 12.8 Å². The number of ether oxygens (including phenoxy) is 1. The second-order valence-electron chi connectivity index (χ2n) is 5.41. The molecule has 0 aromatic carbocycles. The fraction of sp³-hybridized carbons (Fsp3) is 0.400. The van der Waals surface area contributed by atoms with E-state index in [4.69, 9.17) is 9.72 Å². The van der Waals surface area contributed by atoms with Crippen molar-refractivity contribution in [3.63, 3.8) is 0 Å². The van der Waals surface area contributed by atoms with Gasteiger partial charge in [0.05, 0.1) is 24.0 Å². The molecule has 3 aromatic rings. The number of aryl methyl sites for hydroxylation is 2. The third-order valence-corrected chi connectivity index (χ3v) is 3.90. The van der Waals surface area contributed by atoms with Crippen LogP contribution in [0, 0.1) is 13.8 Å². The maximum atomic E-state index is 5.25. The van der Waals surface area contributed by atoms with Crippen molar-refractivity contribution in [3.8, 4) is 5.88 Å². The van der Waals surface area contributed by atoms with Gasteiger partial charge in [-0.2, -0.15) is 4.98 Å². The molecule has 5 nitrogen and oxygen atoms in total. The van der Waals surface area contributed by atoms with E-state index >= 15 is 0 Å². The first-order valence-electron chi connectivity index (χ1n) is 6.89. The number of hydrogen-bond acceptors (Lipinski definition) is 4. The summed E-state index contributed by atoms with van der Waals surface area (Å²) in [6, 6.07) is 3.81. The van der Waals surface area contributed by atoms with E-state index in [2.05, 4.69) is 14.4 Å². The molecule has 4 rings (SSSR count). The van der Waals surface area contributed by atoms with Crippen LogP contribution in [0.4, 0.5) is 0 Å². The van der Waals surface area contributed by atoms with Gasteiger partial charge in [-0.05, 0) is 32.8 Å². The summed E-state index contributed by atoms with van der Waals surface area (Å²) in [7, 11) is 1.63. The first-order valence-corrected chi connectivity index (χ1v) is 6.89. The molecule has 3 aromatic heterocycles. The van der Waals surface area contributed by atoms with Gasteiger partial charge in [0.25, 0.3) is 0 Å². The fourth-order valence-corrected chi connectivity index (χ4v) is 2.83. The van der Waals surface area contributed by atoms with Crippen LogP contribution in [0.3, 0.4) is 0 Å². The van der Waals surface area contributed by atoms with Crippen LogP contribution >= 0.6 is 0 Å². The van der Waals surface area contributed by atoms with Crippen molar-refractivity contribution in [2.45, 2.75) is 32.6 Å². The number of fused-ring (bicyclic) bond motifs is 3. The van der Waals surface area contributed by atoms with Crippen LogP contribution in [0.1, 0.15) is 36.0 Å². The highest BCUT2D eigenvalue weighted by molar-refractivity contribution is 5.78. The van der Waals surface area contributed by atoms with Gasteiger partial charge in [0.2, 0.25) is 5.88 Å². The highest BCUT2D eigenvalue weighted by atomic mass is 16.5. The van der Waals surface area contributed by atoms with Crippen molar-refractivity contribution >= 4 is 16.7 Å². The van der Waals surface area contributed by atoms with Gasteiger partial charge in [-0.3, -0.25) is 4.40 Å². The fourth-order valence-electron chi connectivity index (χ4n) is 2.83. The highest BCUT2D eigenvalue weighted by Crippen LogP contribution is 2.41. The second kappa shape index (κ2) is 3.91. The normalized spacial score (nSPS) is 15.2. The smallest absolute Gasteiger partial charge is 0.215 e. The maximum Gasteiger partial charge on any atom is 0.215 e. The summed E-state index contributed by atoms with van der Waals surface area (Å²) >= 11 is 0. The Labute approximate surface area is 116 Å². The van der Waals surface area contributed by atoms with E-state index in [9.17, 15) is 0 Å². The summed E-state index contributed by atoms with van der Waals surface area (Å²) < 4.78 is 7.43. The quantitative estimate of drug-likeness (QED) is 0.717. The van der Waals surface area contributed by atoms with Gasteiger partial charge < -0.3 is 4.74 Å². The number of aromatic nitrogens is 4. The second-order valence-corrected chi connectivity index (χ2v) is 5.41. The molecule has 1 saturated carbocycles. The van der Waals surface area contributed by atoms with E-state index in [1.54, 1.807) is 7.11 Å². The molecule has 0 bridgehead atoms. The average Bonchev–Trinajstić information content (AvgIpc) is 3.22. The molecule has 5 heteroatoms. The Hall–Kier alpha value is -2.17. The zero-order chi connectivity index (χ0) is 13.9. The summed E-state index contributed by atoms with van der Waals surface area (Å²) in [4.78, 5) is 14.0. The van der Waals surface area contributed by atoms with Crippen molar-refractivity contribution < 1.29 is 4.74 Å². The molecular formula is C15H16N4O. The Balaban J connectivity index is 2.19. The molecule has 0 spiro atoms. The summed E-state index contributed by atoms with van der Waals surface area (Å²) in [5.41, 5.74) is 4.84. The van der Waals surface area contributed by atoms with Gasteiger partial charge in [0.1, 0.15) is 11.3 Å². The highest BCUT2D eigenvalue weighted by Gasteiger charge is 2.30. The summed E-state index contributed by atoms with van der Waals surface area (Å²) in [5.74, 6) is 2.29. The maximum absolute atomic E-state index is 5.25. The van der Waals surface area contributed by atoms with Gasteiger partial charge in [0.15, 0.2) is 5.65 Å². The molecule has 1 aliphatic carbocycles. The Kier molecular flexibility index (Phi) is 2.28. The lowest BCUT2D eigenvalue weighted by atomic mass is 10.3. The van der Waals surface area contributed by atoms with Crippen molar-refractivity contribution in [1.29, 1.82) is 0 Å². The molecule has 102 valence electrons. The van der Waals surface area contributed by atoms with Crippen LogP contribution in [0.25, 0.3) is 16.7 Å². The Morgan fingerprint density at radius 2 is 1.85 bits per heavy atom. The van der Waals surface area contributed by atoms with Crippen LogP contribution in [0.2, 0.25) is 0 Å². The average molecular weight is 268 g/mol. The van der Waals surface area contributed by atoms with Gasteiger partial charge in [-0.1, -0.05) is 0 Å². The minimum absolute atomic E-state index is 0.564. The van der Waals surface area contributed by atoms with E-state index in [-0.39, 0.29) is 0 Å². The lowest BCUT2D eigenvalue weighted by Gasteiger charge is -2.08. The predicted octanol–water partition coefficient (Wildman–Crippen LogP) is 2.78. The number of rotatable bonds is 2. The molecule has 3 heterocycles. The lowest BCUT2D eigenvalue weighted by Crippen LogP contribution is -2.01. The van der Waals surface area contributed by atoms with Crippen LogP contribution in [-0.2, 0) is 0 Å². The van der Waals surface area contributed by atoms with E-state index in [1.807, 2.05) is 26.0 Å². The third-order valence-electron chi connectivity index (χ3n) is 3.90. The molecule has 20 heavy (non-hydrogen) atoms. The molecule has 0 unspecified atom stereocenters. The summed E-state index contributed by atoms with van der Waals surface area (Å²) in [6.45, 7) is 4.08. The van der Waals surface area contributed by atoms with Crippen molar-refractivity contribution in [3.05, 3.63) is 29.3 Å². The Bertz CT molecular complexity index is 833. The number of methoxy groups -OCH3 is 1. The summed E-state index contributed by atoms with van der Waals surface area (Å²) in [6.07, 6.45) is 2.43. The first kappa shape index (κ1) is 11.6. The standard InChI is InChI=1S/C15H16N4O/c1-8-13-9(2)17-14(10-4-5-10)19(13)15-11(16-8)6-7-12(18-15)20-3/h6-7,10H,4-5H2,1-3H3. The lowest BCUT2D eigenvalue weighted by molar-refractivity contribution is 0.399. The van der Waals surface area contributed by atoms with Crippen LogP contribution in [-0.4, -0.2) is 26.5 Å². The first-order chi connectivity index (χ1) is 9.69. The van der Waals surface area contributed by atoms with E-state index in [0.29, 0.717) is 11.8 Å². The molecule has 0 N–H and O–H groups in total. The monoisotopic (exact) mass is 268 g/mol. The van der Waals surface area contributed by atoms with Crippen LogP contribution < -0.4 is 4.74 Å². The molecule has 1 fully saturated rings. The van der Waals surface area contributed by atoms with Gasteiger partial charge in [0, 0.05) is 12.0 Å². The molecule has 0 amide bonds. The van der Waals surface area contributed by atoms with Gasteiger partial charge in [-0.25, -0.2) is 9.97 Å². The van der Waals surface area contributed by atoms with Crippen molar-refractivity contribution in [1.82, 2.24) is 19.4 Å². The Morgan fingerprint density at radius 3 is 2.55 bits per heavy atom. The predicted molar refractivity (Wildman–Crippen MR) is 76.3 cm³/mol. The molecule has 0 radical (unpaired) electrons. The number of nitrogens with zero attached hydrogens (tertiary/aromatic N) is 4. The number of imidazole rings is 1. The van der Waals surface area contributed by atoms with Crippen LogP contribution in [0.15, 0.2) is 12.1 Å². The molecular weight excluding hydrogens is 252 g/mol. The molecule has 0 atom stereocenters. The van der Waals surface area contributed by atoms with Gasteiger partial charge >= 0.3 is 0 Å². The number of pyridine rings is 1. The SMILES string of the molecule is COc1ccc2nc(C)c3c(C)nc(C4CC4)n3c2n1. The van der Waals surface area contributed by atoms with Gasteiger partial charge in [-0.15, -0.1) is 0 Å². The molecule has 1 aliphatic rings. The topological polar surface area (TPSA) is 52.3 Å². The molecule has 0 aliphatic heterocycles. The Morgan fingerprint density at radius 1 is 1.10 bits per heavy atom. The zero-order valence-electron chi connectivity index (χ0n) is 11.8. The largest absolute Gasteiger partial charge is 0.481 e. The minimum atomic E-state index is 0.564.